The van der Waals surface area contributed by atoms with Crippen LogP contribution in [0.1, 0.15) is 56.0 Å². The fourth-order valence-electron chi connectivity index (χ4n) is 3.75. The van der Waals surface area contributed by atoms with Gasteiger partial charge in [0, 0.05) is 23.5 Å². The summed E-state index contributed by atoms with van der Waals surface area (Å²) in [6, 6.07) is 11.8. The first-order chi connectivity index (χ1) is 13.8. The first kappa shape index (κ1) is 20.6. The Kier molecular flexibility index (Phi) is 6.01. The van der Waals surface area contributed by atoms with Crippen molar-refractivity contribution in [2.75, 3.05) is 6.61 Å². The number of aromatic nitrogens is 3. The average molecular weight is 393 g/mol. The summed E-state index contributed by atoms with van der Waals surface area (Å²) in [5.41, 5.74) is 5.37. The van der Waals surface area contributed by atoms with Crippen LogP contribution >= 0.6 is 0 Å². The maximum Gasteiger partial charge on any atom is 0.342 e. The van der Waals surface area contributed by atoms with Gasteiger partial charge in [-0.15, -0.1) is 0 Å². The second kappa shape index (κ2) is 8.47. The van der Waals surface area contributed by atoms with Gasteiger partial charge in [0.05, 0.1) is 17.9 Å². The summed E-state index contributed by atoms with van der Waals surface area (Å²) in [5, 5.41) is 4.48. The van der Waals surface area contributed by atoms with E-state index in [1.54, 1.807) is 11.6 Å². The van der Waals surface area contributed by atoms with E-state index in [0.717, 1.165) is 29.2 Å². The molecule has 29 heavy (non-hydrogen) atoms. The number of benzene rings is 1. The Bertz CT molecular complexity index is 1050. The van der Waals surface area contributed by atoms with Gasteiger partial charge in [0.15, 0.2) is 6.61 Å². The SMILES string of the molecule is CCn1c(C)cc(C(=O)COC(=O)c2c(C)nn(Cc3ccccc3)c2C)c1C. The van der Waals surface area contributed by atoms with E-state index in [-0.39, 0.29) is 12.4 Å². The maximum atomic E-state index is 12.7. The Morgan fingerprint density at radius 3 is 2.34 bits per heavy atom. The third-order valence-corrected chi connectivity index (χ3v) is 5.29. The highest BCUT2D eigenvalue weighted by atomic mass is 16.5. The van der Waals surface area contributed by atoms with Gasteiger partial charge in [-0.3, -0.25) is 9.48 Å². The number of Topliss-reactive ketones (excluding diaryl/α,β-unsaturated/α-hetero) is 1. The van der Waals surface area contributed by atoms with Crippen LogP contribution in [0.25, 0.3) is 0 Å². The fourth-order valence-corrected chi connectivity index (χ4v) is 3.75. The lowest BCUT2D eigenvalue weighted by Gasteiger charge is -2.07. The lowest BCUT2D eigenvalue weighted by Crippen LogP contribution is -2.16. The van der Waals surface area contributed by atoms with Gasteiger partial charge >= 0.3 is 5.97 Å². The first-order valence-electron chi connectivity index (χ1n) is 9.78. The highest BCUT2D eigenvalue weighted by Gasteiger charge is 2.22. The van der Waals surface area contributed by atoms with E-state index in [1.807, 2.05) is 64.1 Å². The Balaban J connectivity index is 1.72. The van der Waals surface area contributed by atoms with Crippen LogP contribution in [0.2, 0.25) is 0 Å². The molecule has 3 rings (SSSR count). The summed E-state index contributed by atoms with van der Waals surface area (Å²) in [6.07, 6.45) is 0. The van der Waals surface area contributed by atoms with Crippen molar-refractivity contribution in [1.29, 1.82) is 0 Å². The zero-order valence-electron chi connectivity index (χ0n) is 17.7. The number of carbonyl (C=O) groups is 2. The third kappa shape index (κ3) is 4.16. The number of ether oxygens (including phenoxy) is 1. The molecule has 0 saturated heterocycles. The van der Waals surface area contributed by atoms with Crippen LogP contribution < -0.4 is 0 Å². The van der Waals surface area contributed by atoms with Crippen molar-refractivity contribution < 1.29 is 14.3 Å². The van der Waals surface area contributed by atoms with E-state index in [0.29, 0.717) is 23.4 Å². The zero-order chi connectivity index (χ0) is 21.1. The van der Waals surface area contributed by atoms with Crippen LogP contribution in [-0.2, 0) is 17.8 Å². The number of ketones is 1. The molecule has 0 amide bonds. The molecule has 0 radical (unpaired) electrons. The minimum atomic E-state index is -0.517. The molecule has 0 unspecified atom stereocenters. The Labute approximate surface area is 171 Å². The van der Waals surface area contributed by atoms with Gasteiger partial charge in [0.2, 0.25) is 5.78 Å². The minimum absolute atomic E-state index is 0.196. The maximum absolute atomic E-state index is 12.7. The average Bonchev–Trinajstić information content (AvgIpc) is 3.14. The predicted molar refractivity (Wildman–Crippen MR) is 111 cm³/mol. The van der Waals surface area contributed by atoms with Gasteiger partial charge in [-0.1, -0.05) is 30.3 Å². The summed E-state index contributed by atoms with van der Waals surface area (Å²) in [7, 11) is 0. The molecule has 3 aromatic rings. The molecule has 0 atom stereocenters. The van der Waals surface area contributed by atoms with E-state index in [9.17, 15) is 9.59 Å². The van der Waals surface area contributed by atoms with Crippen molar-refractivity contribution in [3.63, 3.8) is 0 Å². The van der Waals surface area contributed by atoms with E-state index >= 15 is 0 Å². The molecule has 0 spiro atoms. The first-order valence-corrected chi connectivity index (χ1v) is 9.78. The summed E-state index contributed by atoms with van der Waals surface area (Å²) < 4.78 is 9.21. The second-order valence-corrected chi connectivity index (χ2v) is 7.22. The Morgan fingerprint density at radius 2 is 1.72 bits per heavy atom. The molecule has 0 aliphatic rings. The normalized spacial score (nSPS) is 10.9. The molecule has 0 bridgehead atoms. The number of rotatable bonds is 7. The molecule has 2 aromatic heterocycles. The smallest absolute Gasteiger partial charge is 0.342 e. The lowest BCUT2D eigenvalue weighted by atomic mass is 10.1. The Hall–Kier alpha value is -3.15. The number of hydrogen-bond acceptors (Lipinski definition) is 4. The molecule has 0 saturated carbocycles. The van der Waals surface area contributed by atoms with E-state index < -0.39 is 5.97 Å². The molecule has 0 N–H and O–H groups in total. The molecule has 152 valence electrons. The van der Waals surface area contributed by atoms with Crippen molar-refractivity contribution in [3.05, 3.63) is 75.9 Å². The largest absolute Gasteiger partial charge is 0.454 e. The van der Waals surface area contributed by atoms with Gasteiger partial charge in [0.25, 0.3) is 0 Å². The summed E-state index contributed by atoms with van der Waals surface area (Å²) in [4.78, 5) is 25.3. The van der Waals surface area contributed by atoms with Crippen LogP contribution in [0, 0.1) is 27.7 Å². The van der Waals surface area contributed by atoms with Crippen LogP contribution in [0.3, 0.4) is 0 Å². The lowest BCUT2D eigenvalue weighted by molar-refractivity contribution is 0.0473. The highest BCUT2D eigenvalue weighted by Crippen LogP contribution is 2.18. The number of carbonyl (C=O) groups excluding carboxylic acids is 2. The van der Waals surface area contributed by atoms with Crippen LogP contribution in [0.4, 0.5) is 0 Å². The summed E-state index contributed by atoms with van der Waals surface area (Å²) in [5.74, 6) is -0.713. The number of hydrogen-bond donors (Lipinski definition) is 0. The predicted octanol–water partition coefficient (Wildman–Crippen LogP) is 4.03. The topological polar surface area (TPSA) is 66.1 Å². The zero-order valence-corrected chi connectivity index (χ0v) is 17.7. The van der Waals surface area contributed by atoms with Gasteiger partial charge < -0.3 is 9.30 Å². The van der Waals surface area contributed by atoms with Crippen molar-refractivity contribution in [1.82, 2.24) is 14.3 Å². The van der Waals surface area contributed by atoms with Crippen molar-refractivity contribution >= 4 is 11.8 Å². The van der Waals surface area contributed by atoms with Gasteiger partial charge in [-0.25, -0.2) is 4.79 Å². The highest BCUT2D eigenvalue weighted by molar-refractivity contribution is 6.00. The quantitative estimate of drug-likeness (QED) is 0.449. The molecule has 0 aliphatic carbocycles. The second-order valence-electron chi connectivity index (χ2n) is 7.22. The molecule has 6 heteroatoms. The number of aryl methyl sites for hydroxylation is 2. The fraction of sp³-hybridized carbons (Fsp3) is 0.348. The molecule has 6 nitrogen and oxygen atoms in total. The Morgan fingerprint density at radius 1 is 1.03 bits per heavy atom. The van der Waals surface area contributed by atoms with Crippen LogP contribution in [0.15, 0.2) is 36.4 Å². The summed E-state index contributed by atoms with van der Waals surface area (Å²) in [6.45, 7) is 10.6. The van der Waals surface area contributed by atoms with Gasteiger partial charge in [-0.2, -0.15) is 5.10 Å². The van der Waals surface area contributed by atoms with Gasteiger partial charge in [-0.05, 0) is 46.2 Å². The van der Waals surface area contributed by atoms with Crippen molar-refractivity contribution in [3.8, 4) is 0 Å². The summed E-state index contributed by atoms with van der Waals surface area (Å²) >= 11 is 0. The molecule has 1 aromatic carbocycles. The molecule has 0 aliphatic heterocycles. The monoisotopic (exact) mass is 393 g/mol. The minimum Gasteiger partial charge on any atom is -0.454 e. The van der Waals surface area contributed by atoms with Crippen LogP contribution in [-0.4, -0.2) is 32.7 Å². The number of nitrogens with zero attached hydrogens (tertiary/aromatic N) is 3. The van der Waals surface area contributed by atoms with Gasteiger partial charge in [0.1, 0.15) is 5.56 Å². The van der Waals surface area contributed by atoms with E-state index in [1.165, 1.54) is 0 Å². The van der Waals surface area contributed by atoms with Crippen molar-refractivity contribution in [2.24, 2.45) is 0 Å². The standard InChI is InChI=1S/C23H27N3O3/c1-6-25-15(2)12-20(17(25)4)21(27)14-29-23(28)22-16(3)24-26(18(22)5)13-19-10-8-7-9-11-19/h7-12H,6,13-14H2,1-5H3. The molecular formula is C23H27N3O3. The number of esters is 1. The van der Waals surface area contributed by atoms with E-state index in [2.05, 4.69) is 9.67 Å². The molecular weight excluding hydrogens is 366 g/mol. The molecule has 0 fully saturated rings. The third-order valence-electron chi connectivity index (χ3n) is 5.29. The van der Waals surface area contributed by atoms with Crippen molar-refractivity contribution in [2.45, 2.75) is 47.7 Å². The molecule has 2 heterocycles. The van der Waals surface area contributed by atoms with E-state index in [4.69, 9.17) is 4.74 Å². The van der Waals surface area contributed by atoms with Crippen LogP contribution in [0.5, 0.6) is 0 Å².